The summed E-state index contributed by atoms with van der Waals surface area (Å²) in [6.07, 6.45) is 2.10. The molecule has 1 saturated heterocycles. The maximum atomic E-state index is 12.5. The zero-order valence-corrected chi connectivity index (χ0v) is 13.2. The van der Waals surface area contributed by atoms with E-state index in [0.717, 1.165) is 6.42 Å². The topological polar surface area (TPSA) is 81.2 Å². The van der Waals surface area contributed by atoms with Gasteiger partial charge in [-0.25, -0.2) is 8.42 Å². The predicted octanol–water partition coefficient (Wildman–Crippen LogP) is 0.855. The van der Waals surface area contributed by atoms with Crippen LogP contribution < -0.4 is 5.73 Å². The summed E-state index contributed by atoms with van der Waals surface area (Å²) in [6.45, 7) is 3.36. The van der Waals surface area contributed by atoms with Crippen LogP contribution in [0.15, 0.2) is 11.2 Å². The molecule has 2 rings (SSSR count). The van der Waals surface area contributed by atoms with Gasteiger partial charge in [0, 0.05) is 20.1 Å². The van der Waals surface area contributed by atoms with Gasteiger partial charge in [-0.1, -0.05) is 18.5 Å². The van der Waals surface area contributed by atoms with Gasteiger partial charge in [0.2, 0.25) is 0 Å². The van der Waals surface area contributed by atoms with Gasteiger partial charge in [-0.3, -0.25) is 4.68 Å². The number of hydrogen-bond donors (Lipinski definition) is 1. The van der Waals surface area contributed by atoms with Crippen LogP contribution in [0.4, 0.5) is 0 Å². The molecule has 1 aliphatic heterocycles. The molecule has 1 aromatic rings. The molecule has 0 bridgehead atoms. The summed E-state index contributed by atoms with van der Waals surface area (Å²) in [5, 5.41) is 4.06. The number of nitrogens with zero attached hydrogens (tertiary/aromatic N) is 3. The maximum Gasteiger partial charge on any atom is 0.261 e. The van der Waals surface area contributed by atoms with E-state index in [1.165, 1.54) is 15.2 Å². The lowest BCUT2D eigenvalue weighted by atomic mass is 9.90. The Labute approximate surface area is 124 Å². The summed E-state index contributed by atoms with van der Waals surface area (Å²) in [5.41, 5.74) is 5.53. The van der Waals surface area contributed by atoms with E-state index in [9.17, 15) is 8.42 Å². The normalized spacial score (nSPS) is 24.4. The Morgan fingerprint density at radius 1 is 1.58 bits per heavy atom. The minimum absolute atomic E-state index is 0. The zero-order chi connectivity index (χ0) is 13.6. The second-order valence-corrected chi connectivity index (χ2v) is 7.29. The molecule has 0 amide bonds. The quantitative estimate of drug-likeness (QED) is 0.892. The number of nitrogens with two attached hydrogens (primary N) is 1. The molecule has 1 atom stereocenters. The van der Waals surface area contributed by atoms with Crippen LogP contribution in [0.3, 0.4) is 0 Å². The zero-order valence-electron chi connectivity index (χ0n) is 10.8. The molecule has 1 aromatic heterocycles. The van der Waals surface area contributed by atoms with Crippen molar-refractivity contribution < 1.29 is 8.42 Å². The van der Waals surface area contributed by atoms with Crippen LogP contribution in [0.1, 0.15) is 13.3 Å². The first-order valence-corrected chi connectivity index (χ1v) is 7.50. The van der Waals surface area contributed by atoms with E-state index in [-0.39, 0.29) is 27.9 Å². The first-order valence-electron chi connectivity index (χ1n) is 5.68. The van der Waals surface area contributed by atoms with Gasteiger partial charge in [-0.05, 0) is 18.4 Å². The summed E-state index contributed by atoms with van der Waals surface area (Å²) < 4.78 is 27.7. The maximum absolute atomic E-state index is 12.5. The number of sulfonamides is 1. The molecular weight excluding hydrogens is 311 g/mol. The Balaban J connectivity index is 0.00000180. The molecule has 1 aliphatic rings. The van der Waals surface area contributed by atoms with E-state index in [4.69, 9.17) is 17.3 Å². The molecule has 110 valence electrons. The monoisotopic (exact) mass is 328 g/mol. The highest BCUT2D eigenvalue weighted by Crippen LogP contribution is 2.33. The van der Waals surface area contributed by atoms with Crippen molar-refractivity contribution in [2.24, 2.45) is 18.2 Å². The van der Waals surface area contributed by atoms with Crippen LogP contribution in [-0.2, 0) is 17.1 Å². The Bertz CT molecular complexity index is 540. The smallest absolute Gasteiger partial charge is 0.261 e. The lowest BCUT2D eigenvalue weighted by Gasteiger charge is -2.22. The third kappa shape index (κ3) is 2.90. The Morgan fingerprint density at radius 3 is 2.63 bits per heavy atom. The van der Waals surface area contributed by atoms with Crippen molar-refractivity contribution in [2.75, 3.05) is 19.6 Å². The molecular formula is C10H18Cl2N4O2S. The molecule has 19 heavy (non-hydrogen) atoms. The van der Waals surface area contributed by atoms with Crippen LogP contribution in [0, 0.1) is 5.41 Å². The first-order chi connectivity index (χ1) is 8.30. The average Bonchev–Trinajstić information content (AvgIpc) is 2.84. The third-order valence-corrected chi connectivity index (χ3v) is 5.80. The highest BCUT2D eigenvalue weighted by Gasteiger charge is 2.40. The van der Waals surface area contributed by atoms with E-state index in [2.05, 4.69) is 5.10 Å². The summed E-state index contributed by atoms with van der Waals surface area (Å²) >= 11 is 5.90. The fraction of sp³-hybridized carbons (Fsp3) is 0.700. The van der Waals surface area contributed by atoms with Gasteiger partial charge >= 0.3 is 0 Å². The van der Waals surface area contributed by atoms with Crippen molar-refractivity contribution >= 4 is 34.0 Å². The predicted molar refractivity (Wildman–Crippen MR) is 76.0 cm³/mol. The minimum Gasteiger partial charge on any atom is -0.330 e. The third-order valence-electron chi connectivity index (χ3n) is 3.44. The van der Waals surface area contributed by atoms with Gasteiger partial charge in [0.25, 0.3) is 10.0 Å². The van der Waals surface area contributed by atoms with Gasteiger partial charge in [0.15, 0.2) is 5.03 Å². The van der Waals surface area contributed by atoms with E-state index in [0.29, 0.717) is 19.6 Å². The molecule has 1 fully saturated rings. The number of aromatic nitrogens is 2. The molecule has 9 heteroatoms. The standard InChI is InChI=1S/C10H17ClN4O2S.ClH/c1-10(6-12)3-4-15(7-10)18(16,17)9-8(11)5-13-14(9)2;/h5H,3-4,6-7,12H2,1-2H3;1H. The van der Waals surface area contributed by atoms with E-state index < -0.39 is 10.0 Å². The number of aryl methyl sites for hydroxylation is 1. The van der Waals surface area contributed by atoms with Gasteiger partial charge in [0.05, 0.1) is 11.2 Å². The summed E-state index contributed by atoms with van der Waals surface area (Å²) in [7, 11) is -2.03. The van der Waals surface area contributed by atoms with E-state index in [1.807, 2.05) is 6.92 Å². The SMILES string of the molecule is Cl.Cn1ncc(Cl)c1S(=O)(=O)N1CCC(C)(CN)C1. The Kier molecular flexibility index (Phi) is 4.90. The Morgan fingerprint density at radius 2 is 2.21 bits per heavy atom. The van der Waals surface area contributed by atoms with E-state index >= 15 is 0 Å². The number of hydrogen-bond acceptors (Lipinski definition) is 4. The van der Waals surface area contributed by atoms with Crippen LogP contribution >= 0.6 is 24.0 Å². The Hall–Kier alpha value is -0.340. The van der Waals surface area contributed by atoms with Crippen molar-refractivity contribution in [3.8, 4) is 0 Å². The molecule has 0 aliphatic carbocycles. The average molecular weight is 329 g/mol. The summed E-state index contributed by atoms with van der Waals surface area (Å²) in [5.74, 6) is 0. The van der Waals surface area contributed by atoms with Crippen molar-refractivity contribution in [1.82, 2.24) is 14.1 Å². The fourth-order valence-electron chi connectivity index (χ4n) is 2.16. The van der Waals surface area contributed by atoms with Crippen LogP contribution in [0.2, 0.25) is 5.02 Å². The largest absolute Gasteiger partial charge is 0.330 e. The lowest BCUT2D eigenvalue weighted by molar-refractivity contribution is 0.348. The lowest BCUT2D eigenvalue weighted by Crippen LogP contribution is -2.35. The van der Waals surface area contributed by atoms with Crippen molar-refractivity contribution in [3.63, 3.8) is 0 Å². The molecule has 0 radical (unpaired) electrons. The minimum atomic E-state index is -3.59. The van der Waals surface area contributed by atoms with Crippen LogP contribution in [0.25, 0.3) is 0 Å². The summed E-state index contributed by atoms with van der Waals surface area (Å²) in [4.78, 5) is 0. The fourth-order valence-corrected chi connectivity index (χ4v) is 4.36. The molecule has 0 aromatic carbocycles. The molecule has 2 N–H and O–H groups in total. The molecule has 0 spiro atoms. The van der Waals surface area contributed by atoms with Gasteiger partial charge in [-0.15, -0.1) is 12.4 Å². The molecule has 6 nitrogen and oxygen atoms in total. The second-order valence-electron chi connectivity index (χ2n) is 5.02. The molecule has 2 heterocycles. The van der Waals surface area contributed by atoms with Gasteiger partial charge < -0.3 is 5.73 Å². The first kappa shape index (κ1) is 16.7. The molecule has 0 saturated carbocycles. The second kappa shape index (κ2) is 5.57. The highest BCUT2D eigenvalue weighted by atomic mass is 35.5. The highest BCUT2D eigenvalue weighted by molar-refractivity contribution is 7.89. The number of rotatable bonds is 3. The summed E-state index contributed by atoms with van der Waals surface area (Å²) in [6, 6.07) is 0. The van der Waals surface area contributed by atoms with E-state index in [1.54, 1.807) is 7.05 Å². The van der Waals surface area contributed by atoms with Crippen molar-refractivity contribution in [1.29, 1.82) is 0 Å². The molecule has 1 unspecified atom stereocenters. The van der Waals surface area contributed by atoms with Crippen LogP contribution in [-0.4, -0.2) is 42.1 Å². The van der Waals surface area contributed by atoms with Gasteiger partial charge in [0.1, 0.15) is 0 Å². The van der Waals surface area contributed by atoms with Crippen molar-refractivity contribution in [2.45, 2.75) is 18.4 Å². The van der Waals surface area contributed by atoms with Crippen LogP contribution in [0.5, 0.6) is 0 Å². The van der Waals surface area contributed by atoms with Gasteiger partial charge in [-0.2, -0.15) is 9.40 Å². The number of halogens is 2. The van der Waals surface area contributed by atoms with Crippen molar-refractivity contribution in [3.05, 3.63) is 11.2 Å².